The molecule has 0 saturated carbocycles. The van der Waals surface area contributed by atoms with E-state index in [4.69, 9.17) is 10.5 Å². The van der Waals surface area contributed by atoms with Crippen LogP contribution in [0.5, 0.6) is 0 Å². The van der Waals surface area contributed by atoms with Crippen LogP contribution in [0.4, 0.5) is 10.7 Å². The molecule has 1 aliphatic heterocycles. The molecule has 2 heterocycles. The molecule has 2 rings (SSSR count). The Kier molecular flexibility index (Phi) is 5.56. The molecular formula is C13H21N3O2S2. The molecule has 1 aromatic rings. The number of hydrogen-bond acceptors (Lipinski definition) is 6. The zero-order chi connectivity index (χ0) is 14.5. The number of carbonyl (C=O) groups is 1. The number of nitrogens with one attached hydrogen (secondary N) is 1. The number of nitrogens with zero attached hydrogens (tertiary/aromatic N) is 1. The number of carbonyl (C=O) groups excluding carboxylic acids is 1. The van der Waals surface area contributed by atoms with E-state index in [1.54, 1.807) is 11.8 Å². The van der Waals surface area contributed by atoms with Gasteiger partial charge >= 0.3 is 0 Å². The van der Waals surface area contributed by atoms with Gasteiger partial charge in [0.05, 0.1) is 17.2 Å². The molecule has 5 nitrogen and oxygen atoms in total. The van der Waals surface area contributed by atoms with Crippen LogP contribution < -0.4 is 16.0 Å². The van der Waals surface area contributed by atoms with Crippen molar-refractivity contribution in [3.05, 3.63) is 4.88 Å². The zero-order valence-corrected chi connectivity index (χ0v) is 13.5. The van der Waals surface area contributed by atoms with Gasteiger partial charge in [0.15, 0.2) is 0 Å². The number of ether oxygens (including phenoxy) is 1. The number of nitrogen functional groups attached to an aromatic ring is 1. The van der Waals surface area contributed by atoms with Crippen LogP contribution in [-0.2, 0) is 4.74 Å². The quantitative estimate of drug-likeness (QED) is 0.832. The Morgan fingerprint density at radius 1 is 1.50 bits per heavy atom. The van der Waals surface area contributed by atoms with Gasteiger partial charge in [0.1, 0.15) is 9.88 Å². The molecule has 1 aromatic heterocycles. The highest BCUT2D eigenvalue weighted by molar-refractivity contribution is 7.99. The topological polar surface area (TPSA) is 67.6 Å². The van der Waals surface area contributed by atoms with Gasteiger partial charge < -0.3 is 20.7 Å². The molecule has 1 saturated heterocycles. The maximum Gasteiger partial charge on any atom is 0.263 e. The van der Waals surface area contributed by atoms with E-state index in [1.165, 1.54) is 11.3 Å². The lowest BCUT2D eigenvalue weighted by Gasteiger charge is -2.21. The zero-order valence-electron chi connectivity index (χ0n) is 11.9. The summed E-state index contributed by atoms with van der Waals surface area (Å²) in [5.74, 6) is -0.0809. The van der Waals surface area contributed by atoms with E-state index in [2.05, 4.69) is 10.2 Å². The van der Waals surface area contributed by atoms with Crippen molar-refractivity contribution in [1.29, 1.82) is 0 Å². The van der Waals surface area contributed by atoms with Gasteiger partial charge in [0, 0.05) is 26.2 Å². The average Bonchev–Trinajstić information content (AvgIpc) is 2.63. The maximum absolute atomic E-state index is 12.1. The molecule has 3 N–H and O–H groups in total. The molecular weight excluding hydrogens is 294 g/mol. The third-order valence-electron chi connectivity index (χ3n) is 3.14. The van der Waals surface area contributed by atoms with E-state index in [-0.39, 0.29) is 5.91 Å². The predicted molar refractivity (Wildman–Crippen MR) is 86.2 cm³/mol. The van der Waals surface area contributed by atoms with Crippen molar-refractivity contribution < 1.29 is 9.53 Å². The van der Waals surface area contributed by atoms with Crippen molar-refractivity contribution in [2.24, 2.45) is 0 Å². The van der Waals surface area contributed by atoms with Gasteiger partial charge in [-0.05, 0) is 19.6 Å². The van der Waals surface area contributed by atoms with Gasteiger partial charge in [-0.3, -0.25) is 4.79 Å². The van der Waals surface area contributed by atoms with E-state index < -0.39 is 0 Å². The highest BCUT2D eigenvalue weighted by Crippen LogP contribution is 2.43. The highest BCUT2D eigenvalue weighted by Gasteiger charge is 2.24. The second-order valence-electron chi connectivity index (χ2n) is 4.50. The molecule has 1 aliphatic rings. The molecule has 7 heteroatoms. The molecule has 20 heavy (non-hydrogen) atoms. The first-order valence-electron chi connectivity index (χ1n) is 6.76. The first-order chi connectivity index (χ1) is 9.69. The molecule has 0 atom stereocenters. The lowest BCUT2D eigenvalue weighted by molar-refractivity contribution is 0.0960. The molecule has 0 radical (unpaired) electrons. The lowest BCUT2D eigenvalue weighted by atomic mass is 10.3. The van der Waals surface area contributed by atoms with Crippen molar-refractivity contribution in [2.45, 2.75) is 18.2 Å². The number of rotatable bonds is 4. The van der Waals surface area contributed by atoms with Gasteiger partial charge in [-0.25, -0.2) is 0 Å². The largest absolute Gasteiger partial charge is 0.396 e. The number of nitrogens with two attached hydrogens (primary N) is 1. The van der Waals surface area contributed by atoms with Crippen molar-refractivity contribution in [3.8, 4) is 0 Å². The fraction of sp³-hybridized carbons (Fsp3) is 0.615. The van der Waals surface area contributed by atoms with Crippen LogP contribution in [0.2, 0.25) is 0 Å². The summed E-state index contributed by atoms with van der Waals surface area (Å²) in [6, 6.07) is 0. The Morgan fingerprint density at radius 2 is 2.30 bits per heavy atom. The molecule has 0 aliphatic carbocycles. The summed E-state index contributed by atoms with van der Waals surface area (Å²) in [7, 11) is 0. The van der Waals surface area contributed by atoms with Gasteiger partial charge in [-0.1, -0.05) is 0 Å². The predicted octanol–water partition coefficient (Wildman–Crippen LogP) is 2.03. The van der Waals surface area contributed by atoms with Crippen molar-refractivity contribution >= 4 is 39.7 Å². The molecule has 1 amide bonds. The molecule has 0 unspecified atom stereocenters. The smallest absolute Gasteiger partial charge is 0.263 e. The summed E-state index contributed by atoms with van der Waals surface area (Å²) in [5.41, 5.74) is 6.77. The fourth-order valence-electron chi connectivity index (χ4n) is 2.18. The van der Waals surface area contributed by atoms with Gasteiger partial charge in [0.2, 0.25) is 0 Å². The lowest BCUT2D eigenvalue weighted by Crippen LogP contribution is -2.25. The molecule has 112 valence electrons. The number of thioether (sulfide) groups is 1. The first-order valence-corrected chi connectivity index (χ1v) is 8.80. The third kappa shape index (κ3) is 3.21. The normalized spacial score (nSPS) is 16.0. The summed E-state index contributed by atoms with van der Waals surface area (Å²) < 4.78 is 5.49. The Balaban J connectivity index is 2.31. The second-order valence-corrected chi connectivity index (χ2v) is 6.31. The van der Waals surface area contributed by atoms with E-state index in [0.717, 1.165) is 42.6 Å². The van der Waals surface area contributed by atoms with Crippen molar-refractivity contribution in [2.75, 3.05) is 49.7 Å². The van der Waals surface area contributed by atoms with Crippen LogP contribution in [0.1, 0.15) is 23.0 Å². The summed E-state index contributed by atoms with van der Waals surface area (Å²) >= 11 is 3.09. The highest BCUT2D eigenvalue weighted by atomic mass is 32.2. The molecule has 0 bridgehead atoms. The van der Waals surface area contributed by atoms with Crippen LogP contribution in [0.25, 0.3) is 0 Å². The molecule has 0 spiro atoms. The first kappa shape index (κ1) is 15.5. The number of anilines is 2. The SMILES string of the molecule is CCNC(=O)c1sc(N2CCCOCC2)c(SC)c1N. The molecule has 1 fully saturated rings. The van der Waals surface area contributed by atoms with Crippen LogP contribution in [0.15, 0.2) is 4.90 Å². The van der Waals surface area contributed by atoms with E-state index >= 15 is 0 Å². The maximum atomic E-state index is 12.1. The Bertz CT molecular complexity index is 468. The van der Waals surface area contributed by atoms with Gasteiger partial charge in [-0.2, -0.15) is 0 Å². The van der Waals surface area contributed by atoms with E-state index in [9.17, 15) is 4.79 Å². The summed E-state index contributed by atoms with van der Waals surface area (Å²) in [6.45, 7) is 5.84. The fourth-order valence-corrected chi connectivity index (χ4v) is 4.33. The summed E-state index contributed by atoms with van der Waals surface area (Å²) in [5, 5.41) is 3.92. The number of amides is 1. The van der Waals surface area contributed by atoms with Crippen LogP contribution in [0.3, 0.4) is 0 Å². The van der Waals surface area contributed by atoms with Gasteiger partial charge in [0.25, 0.3) is 5.91 Å². The van der Waals surface area contributed by atoms with Crippen LogP contribution in [-0.4, -0.2) is 45.0 Å². The van der Waals surface area contributed by atoms with Crippen LogP contribution >= 0.6 is 23.1 Å². The Labute approximate surface area is 127 Å². The minimum absolute atomic E-state index is 0.0809. The monoisotopic (exact) mass is 315 g/mol. The van der Waals surface area contributed by atoms with Crippen molar-refractivity contribution in [1.82, 2.24) is 5.32 Å². The minimum Gasteiger partial charge on any atom is -0.396 e. The summed E-state index contributed by atoms with van der Waals surface area (Å²) in [4.78, 5) is 16.0. The minimum atomic E-state index is -0.0809. The van der Waals surface area contributed by atoms with E-state index in [1.807, 2.05) is 13.2 Å². The third-order valence-corrected chi connectivity index (χ3v) is 5.36. The standard InChI is InChI=1S/C13H21N3O2S2/c1-3-15-12(17)10-9(14)11(19-2)13(20-10)16-5-4-7-18-8-6-16/h3-8,14H2,1-2H3,(H,15,17). The van der Waals surface area contributed by atoms with Crippen molar-refractivity contribution in [3.63, 3.8) is 0 Å². The van der Waals surface area contributed by atoms with Crippen LogP contribution in [0, 0.1) is 0 Å². The van der Waals surface area contributed by atoms with E-state index in [0.29, 0.717) is 17.1 Å². The Hall–Kier alpha value is -0.920. The average molecular weight is 315 g/mol. The Morgan fingerprint density at radius 3 is 3.00 bits per heavy atom. The summed E-state index contributed by atoms with van der Waals surface area (Å²) in [6.07, 6.45) is 3.00. The molecule has 0 aromatic carbocycles. The number of thiophene rings is 1. The van der Waals surface area contributed by atoms with Gasteiger partial charge in [-0.15, -0.1) is 23.1 Å². The second kappa shape index (κ2) is 7.19. The number of hydrogen-bond donors (Lipinski definition) is 2.